The molecule has 0 aromatic carbocycles. The van der Waals surface area contributed by atoms with Crippen molar-refractivity contribution in [3.05, 3.63) is 47.9 Å². The van der Waals surface area contributed by atoms with E-state index in [9.17, 15) is 13.2 Å². The quantitative estimate of drug-likeness (QED) is 0.780. The Balaban J connectivity index is 2.60. The Morgan fingerprint density at radius 2 is 2.00 bits per heavy atom. The molecule has 0 N–H and O–H groups in total. The van der Waals surface area contributed by atoms with Crippen molar-refractivity contribution in [1.29, 1.82) is 5.26 Å². The molecule has 0 saturated heterocycles. The highest BCUT2D eigenvalue weighted by Gasteiger charge is 2.33. The lowest BCUT2D eigenvalue weighted by atomic mass is 10.1. The molecule has 0 aliphatic heterocycles. The molecule has 0 aliphatic carbocycles. The molecule has 0 amide bonds. The van der Waals surface area contributed by atoms with Gasteiger partial charge in [-0.25, -0.2) is 4.98 Å². The van der Waals surface area contributed by atoms with Crippen LogP contribution in [0.2, 0.25) is 0 Å². The predicted octanol–water partition coefficient (Wildman–Crippen LogP) is 3.03. The van der Waals surface area contributed by atoms with E-state index in [0.29, 0.717) is 5.56 Å². The lowest BCUT2D eigenvalue weighted by molar-refractivity contribution is -0.141. The van der Waals surface area contributed by atoms with Crippen molar-refractivity contribution in [1.82, 2.24) is 9.97 Å². The molecule has 0 atom stereocenters. The van der Waals surface area contributed by atoms with Gasteiger partial charge >= 0.3 is 6.18 Å². The van der Waals surface area contributed by atoms with Gasteiger partial charge in [0.1, 0.15) is 5.69 Å². The van der Waals surface area contributed by atoms with Crippen LogP contribution in [0.15, 0.2) is 36.7 Å². The molecular formula is C12H6F3N3. The van der Waals surface area contributed by atoms with Gasteiger partial charge < -0.3 is 0 Å². The number of aromatic nitrogens is 2. The molecule has 2 heterocycles. The van der Waals surface area contributed by atoms with Crippen LogP contribution in [0.4, 0.5) is 13.2 Å². The molecule has 2 rings (SSSR count). The second kappa shape index (κ2) is 4.45. The number of pyridine rings is 2. The maximum Gasteiger partial charge on any atom is 0.433 e. The Morgan fingerprint density at radius 3 is 2.56 bits per heavy atom. The first-order valence-corrected chi connectivity index (χ1v) is 4.90. The molecule has 0 unspecified atom stereocenters. The van der Waals surface area contributed by atoms with E-state index in [4.69, 9.17) is 5.26 Å². The van der Waals surface area contributed by atoms with Gasteiger partial charge in [0, 0.05) is 18.0 Å². The number of nitrogens with zero attached hydrogens (tertiary/aromatic N) is 3. The maximum absolute atomic E-state index is 12.6. The van der Waals surface area contributed by atoms with Crippen LogP contribution < -0.4 is 0 Å². The zero-order chi connectivity index (χ0) is 13.2. The van der Waals surface area contributed by atoms with Crippen molar-refractivity contribution >= 4 is 0 Å². The highest BCUT2D eigenvalue weighted by Crippen LogP contribution is 2.30. The number of alkyl halides is 3. The standard InChI is InChI=1S/C12H6F3N3/c13-12(14,15)11-5-8(6-16)4-10(18-11)9-2-1-3-17-7-9/h1-5,7H. The van der Waals surface area contributed by atoms with E-state index in [1.54, 1.807) is 18.2 Å². The van der Waals surface area contributed by atoms with Crippen molar-refractivity contribution in [2.75, 3.05) is 0 Å². The van der Waals surface area contributed by atoms with E-state index in [1.807, 2.05) is 0 Å². The first-order chi connectivity index (χ1) is 8.50. The highest BCUT2D eigenvalue weighted by atomic mass is 19.4. The van der Waals surface area contributed by atoms with Gasteiger partial charge in [0.15, 0.2) is 0 Å². The van der Waals surface area contributed by atoms with Gasteiger partial charge in [0.25, 0.3) is 0 Å². The fourth-order valence-electron chi connectivity index (χ4n) is 1.40. The summed E-state index contributed by atoms with van der Waals surface area (Å²) in [5, 5.41) is 8.74. The van der Waals surface area contributed by atoms with Crippen LogP contribution in [0.1, 0.15) is 11.3 Å². The van der Waals surface area contributed by atoms with E-state index in [0.717, 1.165) is 6.07 Å². The average molecular weight is 249 g/mol. The second-order valence-corrected chi connectivity index (χ2v) is 3.48. The Bertz CT molecular complexity index is 600. The minimum Gasteiger partial charge on any atom is -0.264 e. The predicted molar refractivity (Wildman–Crippen MR) is 57.2 cm³/mol. The SMILES string of the molecule is N#Cc1cc(-c2cccnc2)nc(C(F)(F)F)c1. The maximum atomic E-state index is 12.6. The fraction of sp³-hybridized carbons (Fsp3) is 0.0833. The molecule has 0 radical (unpaired) electrons. The van der Waals surface area contributed by atoms with Gasteiger partial charge in [0.2, 0.25) is 0 Å². The lowest BCUT2D eigenvalue weighted by Gasteiger charge is -2.08. The Labute approximate surface area is 101 Å². The molecule has 3 nitrogen and oxygen atoms in total. The van der Waals surface area contributed by atoms with Crippen molar-refractivity contribution in [2.24, 2.45) is 0 Å². The summed E-state index contributed by atoms with van der Waals surface area (Å²) in [5.74, 6) is 0. The third-order valence-electron chi connectivity index (χ3n) is 2.20. The summed E-state index contributed by atoms with van der Waals surface area (Å²) < 4.78 is 37.8. The Hall–Kier alpha value is -2.42. The van der Waals surface area contributed by atoms with Crippen LogP contribution in [0, 0.1) is 11.3 Å². The normalized spacial score (nSPS) is 11.0. The topological polar surface area (TPSA) is 49.6 Å². The van der Waals surface area contributed by atoms with E-state index in [-0.39, 0.29) is 11.3 Å². The molecular weight excluding hydrogens is 243 g/mol. The van der Waals surface area contributed by atoms with Gasteiger partial charge in [-0.1, -0.05) is 0 Å². The van der Waals surface area contributed by atoms with E-state index < -0.39 is 11.9 Å². The summed E-state index contributed by atoms with van der Waals surface area (Å²) in [5.41, 5.74) is -0.661. The summed E-state index contributed by atoms with van der Waals surface area (Å²) in [6, 6.07) is 6.88. The largest absolute Gasteiger partial charge is 0.433 e. The van der Waals surface area contributed by atoms with Crippen LogP contribution in [-0.4, -0.2) is 9.97 Å². The van der Waals surface area contributed by atoms with Crippen LogP contribution in [0.5, 0.6) is 0 Å². The van der Waals surface area contributed by atoms with Crippen molar-refractivity contribution in [3.8, 4) is 17.3 Å². The third-order valence-corrected chi connectivity index (χ3v) is 2.20. The highest BCUT2D eigenvalue weighted by molar-refractivity contribution is 5.60. The van der Waals surface area contributed by atoms with Crippen molar-refractivity contribution in [3.63, 3.8) is 0 Å². The Kier molecular flexibility index (Phi) is 2.98. The smallest absolute Gasteiger partial charge is 0.264 e. The fourth-order valence-corrected chi connectivity index (χ4v) is 1.40. The van der Waals surface area contributed by atoms with Crippen molar-refractivity contribution in [2.45, 2.75) is 6.18 Å². The average Bonchev–Trinajstić information content (AvgIpc) is 2.38. The van der Waals surface area contributed by atoms with Gasteiger partial charge in [-0.3, -0.25) is 4.98 Å². The molecule has 6 heteroatoms. The number of hydrogen-bond acceptors (Lipinski definition) is 3. The minimum atomic E-state index is -4.58. The van der Waals surface area contributed by atoms with E-state index >= 15 is 0 Å². The monoisotopic (exact) mass is 249 g/mol. The van der Waals surface area contributed by atoms with Crippen molar-refractivity contribution < 1.29 is 13.2 Å². The molecule has 0 saturated carbocycles. The summed E-state index contributed by atoms with van der Waals surface area (Å²) in [7, 11) is 0. The zero-order valence-electron chi connectivity index (χ0n) is 8.94. The van der Waals surface area contributed by atoms with Gasteiger partial charge in [-0.2, -0.15) is 18.4 Å². The number of rotatable bonds is 1. The van der Waals surface area contributed by atoms with Gasteiger partial charge in [-0.05, 0) is 24.3 Å². The molecule has 0 spiro atoms. The first kappa shape index (κ1) is 12.0. The molecule has 0 fully saturated rings. The molecule has 90 valence electrons. The molecule has 2 aromatic heterocycles. The van der Waals surface area contributed by atoms with Gasteiger partial charge in [0.05, 0.1) is 17.3 Å². The summed E-state index contributed by atoms with van der Waals surface area (Å²) in [6.07, 6.45) is -1.68. The summed E-state index contributed by atoms with van der Waals surface area (Å²) >= 11 is 0. The van der Waals surface area contributed by atoms with E-state index in [1.165, 1.54) is 18.5 Å². The minimum absolute atomic E-state index is 0.0782. The lowest BCUT2D eigenvalue weighted by Crippen LogP contribution is -2.09. The zero-order valence-corrected chi connectivity index (χ0v) is 8.94. The van der Waals surface area contributed by atoms with Crippen LogP contribution in [0.3, 0.4) is 0 Å². The van der Waals surface area contributed by atoms with Crippen LogP contribution >= 0.6 is 0 Å². The number of halogens is 3. The second-order valence-electron chi connectivity index (χ2n) is 3.48. The molecule has 2 aromatic rings. The molecule has 0 bridgehead atoms. The first-order valence-electron chi connectivity index (χ1n) is 4.90. The summed E-state index contributed by atoms with van der Waals surface area (Å²) in [4.78, 5) is 7.31. The van der Waals surface area contributed by atoms with Crippen LogP contribution in [-0.2, 0) is 6.18 Å². The van der Waals surface area contributed by atoms with E-state index in [2.05, 4.69) is 9.97 Å². The number of nitriles is 1. The van der Waals surface area contributed by atoms with Gasteiger partial charge in [-0.15, -0.1) is 0 Å². The molecule has 18 heavy (non-hydrogen) atoms. The van der Waals surface area contributed by atoms with Crippen LogP contribution in [0.25, 0.3) is 11.3 Å². The summed E-state index contributed by atoms with van der Waals surface area (Å²) in [6.45, 7) is 0. The molecule has 0 aliphatic rings. The number of hydrogen-bond donors (Lipinski definition) is 0. The Morgan fingerprint density at radius 1 is 1.22 bits per heavy atom. The third kappa shape index (κ3) is 2.46.